The molecule has 0 bridgehead atoms. The van der Waals surface area contributed by atoms with E-state index in [1.807, 2.05) is 23.6 Å². The summed E-state index contributed by atoms with van der Waals surface area (Å²) < 4.78 is 3.74. The van der Waals surface area contributed by atoms with Gasteiger partial charge in [0.2, 0.25) is 0 Å². The molecule has 2 rings (SSSR count). The fourth-order valence-corrected chi connectivity index (χ4v) is 1.47. The Morgan fingerprint density at radius 1 is 1.60 bits per heavy atom. The van der Waals surface area contributed by atoms with Crippen LogP contribution >= 0.6 is 12.1 Å². The van der Waals surface area contributed by atoms with Crippen molar-refractivity contribution in [3.63, 3.8) is 0 Å². The molecule has 0 atom stereocenters. The smallest absolute Gasteiger partial charge is 0.0951 e. The Morgan fingerprint density at radius 3 is 3.30 bits per heavy atom. The van der Waals surface area contributed by atoms with E-state index in [0.29, 0.717) is 0 Å². The summed E-state index contributed by atoms with van der Waals surface area (Å²) in [5.41, 5.74) is 1.07. The number of rotatable bonds is 0. The van der Waals surface area contributed by atoms with Gasteiger partial charge in [-0.15, -0.1) is 5.11 Å². The van der Waals surface area contributed by atoms with E-state index in [4.69, 9.17) is 0 Å². The summed E-state index contributed by atoms with van der Waals surface area (Å²) in [4.78, 5) is 0. The third kappa shape index (κ3) is 0.786. The minimum Gasteiger partial charge on any atom is -0.305 e. The first-order valence-corrected chi connectivity index (χ1v) is 3.59. The molecule has 2 aliphatic rings. The molecule has 0 unspecified atom stereocenters. The summed E-state index contributed by atoms with van der Waals surface area (Å²) >= 11 is 1.51. The van der Waals surface area contributed by atoms with E-state index in [1.54, 1.807) is 10.6 Å². The minimum atomic E-state index is 1.07. The molecule has 10 heavy (non-hydrogen) atoms. The SMILES string of the molecule is CN1C=C2C=CN=NN2S1. The molecule has 0 aromatic rings. The zero-order valence-corrected chi connectivity index (χ0v) is 6.25. The average molecular weight is 154 g/mol. The molecule has 0 aromatic heterocycles. The molecule has 0 fully saturated rings. The Balaban J connectivity index is 2.29. The van der Waals surface area contributed by atoms with E-state index in [9.17, 15) is 0 Å². The van der Waals surface area contributed by atoms with Crippen LogP contribution in [0.2, 0.25) is 0 Å². The van der Waals surface area contributed by atoms with Crippen LogP contribution in [0, 0.1) is 0 Å². The first-order chi connectivity index (χ1) is 4.86. The molecule has 0 aromatic carbocycles. The molecule has 2 heterocycles. The highest BCUT2D eigenvalue weighted by Crippen LogP contribution is 2.31. The van der Waals surface area contributed by atoms with Crippen LogP contribution in [0.25, 0.3) is 0 Å². The summed E-state index contributed by atoms with van der Waals surface area (Å²) in [7, 11) is 1.97. The second kappa shape index (κ2) is 2.02. The van der Waals surface area contributed by atoms with Crippen LogP contribution in [-0.4, -0.2) is 15.8 Å². The van der Waals surface area contributed by atoms with E-state index in [2.05, 4.69) is 10.3 Å². The minimum absolute atomic E-state index is 1.07. The highest BCUT2D eigenvalue weighted by Gasteiger charge is 2.19. The van der Waals surface area contributed by atoms with Crippen molar-refractivity contribution in [3.8, 4) is 0 Å². The van der Waals surface area contributed by atoms with Gasteiger partial charge < -0.3 is 4.31 Å². The summed E-state index contributed by atoms with van der Waals surface area (Å²) in [5.74, 6) is 0. The van der Waals surface area contributed by atoms with Gasteiger partial charge in [-0.2, -0.15) is 4.41 Å². The monoisotopic (exact) mass is 154 g/mol. The van der Waals surface area contributed by atoms with Gasteiger partial charge in [0.1, 0.15) is 0 Å². The summed E-state index contributed by atoms with van der Waals surface area (Å²) in [6.45, 7) is 0. The van der Waals surface area contributed by atoms with Crippen molar-refractivity contribution >= 4 is 12.1 Å². The normalized spacial score (nSPS) is 21.5. The largest absolute Gasteiger partial charge is 0.305 e. The second-order valence-electron chi connectivity index (χ2n) is 1.98. The van der Waals surface area contributed by atoms with Crippen molar-refractivity contribution in [2.75, 3.05) is 7.05 Å². The van der Waals surface area contributed by atoms with Crippen LogP contribution < -0.4 is 0 Å². The van der Waals surface area contributed by atoms with Gasteiger partial charge in [0.05, 0.1) is 24.0 Å². The lowest BCUT2D eigenvalue weighted by Gasteiger charge is -2.11. The Morgan fingerprint density at radius 2 is 2.50 bits per heavy atom. The Hall–Kier alpha value is -0.970. The first-order valence-electron chi connectivity index (χ1n) is 2.86. The van der Waals surface area contributed by atoms with Crippen molar-refractivity contribution in [1.29, 1.82) is 0 Å². The Bertz CT molecular complexity index is 232. The van der Waals surface area contributed by atoms with Gasteiger partial charge >= 0.3 is 0 Å². The lowest BCUT2D eigenvalue weighted by molar-refractivity contribution is 0.585. The summed E-state index contributed by atoms with van der Waals surface area (Å²) in [6.07, 6.45) is 5.60. The van der Waals surface area contributed by atoms with Gasteiger partial charge in [0.15, 0.2) is 0 Å². The van der Waals surface area contributed by atoms with Crippen LogP contribution in [-0.2, 0) is 0 Å². The maximum absolute atomic E-state index is 3.87. The molecule has 0 aliphatic carbocycles. The van der Waals surface area contributed by atoms with E-state index in [0.717, 1.165) is 5.70 Å². The molecule has 0 N–H and O–H groups in total. The molecule has 4 nitrogen and oxygen atoms in total. The number of allylic oxidation sites excluding steroid dienone is 1. The van der Waals surface area contributed by atoms with Crippen LogP contribution in [0.5, 0.6) is 0 Å². The third-order valence-electron chi connectivity index (χ3n) is 1.19. The highest BCUT2D eigenvalue weighted by molar-refractivity contribution is 7.95. The molecule has 0 radical (unpaired) electrons. The molecule has 5 heteroatoms. The van der Waals surface area contributed by atoms with Gasteiger partial charge in [-0.05, 0) is 6.08 Å². The molecule has 0 saturated carbocycles. The van der Waals surface area contributed by atoms with Crippen LogP contribution in [0.1, 0.15) is 0 Å². The topological polar surface area (TPSA) is 31.2 Å². The van der Waals surface area contributed by atoms with E-state index in [1.165, 1.54) is 12.1 Å². The van der Waals surface area contributed by atoms with Gasteiger partial charge in [-0.1, -0.05) is 5.22 Å². The van der Waals surface area contributed by atoms with E-state index in [-0.39, 0.29) is 0 Å². The number of hydrogen-bond acceptors (Lipinski definition) is 5. The summed E-state index contributed by atoms with van der Waals surface area (Å²) in [5, 5.41) is 7.60. The van der Waals surface area contributed by atoms with Crippen molar-refractivity contribution < 1.29 is 0 Å². The first kappa shape index (κ1) is 5.79. The second-order valence-corrected chi connectivity index (χ2v) is 3.06. The molecular weight excluding hydrogens is 148 g/mol. The molecule has 52 valence electrons. The van der Waals surface area contributed by atoms with Crippen molar-refractivity contribution in [2.24, 2.45) is 10.3 Å². The van der Waals surface area contributed by atoms with E-state index < -0.39 is 0 Å². The Labute approximate surface area is 63.1 Å². The van der Waals surface area contributed by atoms with Crippen LogP contribution in [0.4, 0.5) is 0 Å². The fourth-order valence-electron chi connectivity index (χ4n) is 0.790. The number of fused-ring (bicyclic) bond motifs is 1. The van der Waals surface area contributed by atoms with Gasteiger partial charge in [0.25, 0.3) is 0 Å². The quantitative estimate of drug-likeness (QED) is 0.496. The number of nitrogens with zero attached hydrogens (tertiary/aromatic N) is 4. The molecule has 0 spiro atoms. The van der Waals surface area contributed by atoms with Crippen molar-refractivity contribution in [3.05, 3.63) is 24.2 Å². The predicted octanol–water partition coefficient (Wildman–Crippen LogP) is 1.53. The lowest BCUT2D eigenvalue weighted by atomic mass is 10.4. The van der Waals surface area contributed by atoms with Crippen LogP contribution in [0.15, 0.2) is 34.5 Å². The molecule has 0 saturated heterocycles. The van der Waals surface area contributed by atoms with Gasteiger partial charge in [0, 0.05) is 13.2 Å². The third-order valence-corrected chi connectivity index (χ3v) is 1.99. The zero-order valence-electron chi connectivity index (χ0n) is 5.43. The van der Waals surface area contributed by atoms with Crippen molar-refractivity contribution in [2.45, 2.75) is 0 Å². The fraction of sp³-hybridized carbons (Fsp3) is 0.200. The zero-order chi connectivity index (χ0) is 6.97. The maximum atomic E-state index is 3.87. The average Bonchev–Trinajstić information content (AvgIpc) is 2.27. The molecule has 0 amide bonds. The molecular formula is C5H6N4S. The van der Waals surface area contributed by atoms with Gasteiger partial charge in [-0.3, -0.25) is 0 Å². The van der Waals surface area contributed by atoms with Gasteiger partial charge in [-0.25, -0.2) is 0 Å². The highest BCUT2D eigenvalue weighted by atomic mass is 32.2. The standard InChI is InChI=1S/C5H6N4S/c1-8-4-5-2-3-6-7-9(5)10-8/h2-4H,1H3. The maximum Gasteiger partial charge on any atom is 0.0951 e. The lowest BCUT2D eigenvalue weighted by Crippen LogP contribution is -2.03. The summed E-state index contributed by atoms with van der Waals surface area (Å²) in [6, 6.07) is 0. The van der Waals surface area contributed by atoms with E-state index >= 15 is 0 Å². The van der Waals surface area contributed by atoms with Crippen molar-refractivity contribution in [1.82, 2.24) is 8.72 Å². The number of hydrogen-bond donors (Lipinski definition) is 0. The Kier molecular flexibility index (Phi) is 1.17. The van der Waals surface area contributed by atoms with Crippen LogP contribution in [0.3, 0.4) is 0 Å². The predicted molar refractivity (Wildman–Crippen MR) is 39.3 cm³/mol. The molecule has 2 aliphatic heterocycles.